The number of rotatable bonds is 6. The summed E-state index contributed by atoms with van der Waals surface area (Å²) in [5.74, 6) is -2.40. The first-order valence-corrected chi connectivity index (χ1v) is 9.47. The van der Waals surface area contributed by atoms with E-state index in [2.05, 4.69) is 5.32 Å². The zero-order valence-electron chi connectivity index (χ0n) is 14.7. The molecule has 2 amide bonds. The van der Waals surface area contributed by atoms with Crippen molar-refractivity contribution >= 4 is 38.5 Å². The van der Waals surface area contributed by atoms with Crippen LogP contribution in [0, 0.1) is 5.82 Å². The number of nitrogens with two attached hydrogens (primary N) is 1. The minimum atomic E-state index is -4.01. The highest BCUT2D eigenvalue weighted by molar-refractivity contribution is 7.89. The summed E-state index contributed by atoms with van der Waals surface area (Å²) >= 11 is 0. The van der Waals surface area contributed by atoms with Crippen molar-refractivity contribution in [3.8, 4) is 0 Å². The standard InChI is InChI=1S/C18H16FN3O5S/c1-22(28(25,26)12-8-6-11(19)7-9-12)10-15(23)21-16-13-4-2-3-5-14(13)27-17(16)18(20)24/h2-9H,10H2,1H3,(H2,20,24)(H,21,23). The van der Waals surface area contributed by atoms with Gasteiger partial charge in [-0.05, 0) is 36.4 Å². The van der Waals surface area contributed by atoms with Crippen molar-refractivity contribution in [2.75, 3.05) is 18.9 Å². The molecule has 0 aliphatic heterocycles. The Morgan fingerprint density at radius 1 is 1.14 bits per heavy atom. The lowest BCUT2D eigenvalue weighted by atomic mass is 10.2. The predicted molar refractivity (Wildman–Crippen MR) is 99.6 cm³/mol. The van der Waals surface area contributed by atoms with Crippen LogP contribution in [-0.4, -0.2) is 38.1 Å². The van der Waals surface area contributed by atoms with Crippen LogP contribution in [-0.2, 0) is 14.8 Å². The van der Waals surface area contributed by atoms with Gasteiger partial charge in [0.25, 0.3) is 5.91 Å². The Kier molecular flexibility index (Phi) is 5.16. The van der Waals surface area contributed by atoms with E-state index in [-0.39, 0.29) is 16.3 Å². The second kappa shape index (κ2) is 7.41. The number of primary amides is 1. The Balaban J connectivity index is 1.82. The van der Waals surface area contributed by atoms with Gasteiger partial charge in [-0.15, -0.1) is 0 Å². The number of benzene rings is 2. The van der Waals surface area contributed by atoms with Gasteiger partial charge in [0, 0.05) is 12.4 Å². The Labute approximate surface area is 159 Å². The molecule has 3 N–H and O–H groups in total. The van der Waals surface area contributed by atoms with Gasteiger partial charge in [-0.25, -0.2) is 12.8 Å². The number of carbonyl (C=O) groups excluding carboxylic acids is 2. The van der Waals surface area contributed by atoms with Crippen molar-refractivity contribution < 1.29 is 26.8 Å². The highest BCUT2D eigenvalue weighted by atomic mass is 32.2. The normalized spacial score (nSPS) is 11.7. The van der Waals surface area contributed by atoms with Gasteiger partial charge in [-0.3, -0.25) is 9.59 Å². The number of furan rings is 1. The fraction of sp³-hybridized carbons (Fsp3) is 0.111. The number of fused-ring (bicyclic) bond motifs is 1. The summed E-state index contributed by atoms with van der Waals surface area (Å²) in [5.41, 5.74) is 5.71. The second-order valence-electron chi connectivity index (χ2n) is 5.93. The molecular weight excluding hydrogens is 389 g/mol. The Morgan fingerprint density at radius 3 is 2.43 bits per heavy atom. The van der Waals surface area contributed by atoms with Gasteiger partial charge in [0.2, 0.25) is 21.7 Å². The molecule has 0 spiro atoms. The van der Waals surface area contributed by atoms with E-state index in [0.717, 1.165) is 28.6 Å². The van der Waals surface area contributed by atoms with Crippen molar-refractivity contribution in [1.29, 1.82) is 0 Å². The molecule has 0 radical (unpaired) electrons. The number of likely N-dealkylation sites (N-methyl/N-ethyl adjacent to an activating group) is 1. The van der Waals surface area contributed by atoms with Crippen molar-refractivity contribution in [1.82, 2.24) is 4.31 Å². The fourth-order valence-electron chi connectivity index (χ4n) is 2.60. The number of halogens is 1. The lowest BCUT2D eigenvalue weighted by Crippen LogP contribution is -2.35. The van der Waals surface area contributed by atoms with Gasteiger partial charge in [0.05, 0.1) is 11.4 Å². The van der Waals surface area contributed by atoms with Crippen molar-refractivity contribution in [3.05, 3.63) is 60.1 Å². The number of carbonyl (C=O) groups is 2. The van der Waals surface area contributed by atoms with Crippen molar-refractivity contribution in [3.63, 3.8) is 0 Å². The van der Waals surface area contributed by atoms with Crippen LogP contribution >= 0.6 is 0 Å². The first kappa shape index (κ1) is 19.5. The number of hydrogen-bond donors (Lipinski definition) is 2. The average molecular weight is 405 g/mol. The summed E-state index contributed by atoms with van der Waals surface area (Å²) in [5, 5.41) is 2.93. The van der Waals surface area contributed by atoms with Gasteiger partial charge < -0.3 is 15.5 Å². The van der Waals surface area contributed by atoms with Crippen molar-refractivity contribution in [2.45, 2.75) is 4.90 Å². The number of sulfonamides is 1. The minimum absolute atomic E-state index is 0.0701. The maximum Gasteiger partial charge on any atom is 0.286 e. The molecule has 2 aromatic carbocycles. The quantitative estimate of drug-likeness (QED) is 0.649. The molecule has 3 rings (SSSR count). The molecular formula is C18H16FN3O5S. The molecule has 0 fully saturated rings. The molecule has 1 heterocycles. The molecule has 0 aliphatic carbocycles. The molecule has 0 bridgehead atoms. The maximum absolute atomic E-state index is 13.0. The Hall–Kier alpha value is -3.24. The maximum atomic E-state index is 13.0. The number of nitrogens with one attached hydrogen (secondary N) is 1. The van der Waals surface area contributed by atoms with E-state index in [1.165, 1.54) is 7.05 Å². The summed E-state index contributed by atoms with van der Waals surface area (Å²) in [4.78, 5) is 23.9. The number of amides is 2. The largest absolute Gasteiger partial charge is 0.449 e. The van der Waals surface area contributed by atoms with Crippen LogP contribution in [0.15, 0.2) is 57.8 Å². The summed E-state index contributed by atoms with van der Waals surface area (Å²) in [6.45, 7) is -0.544. The van der Waals surface area contributed by atoms with E-state index in [4.69, 9.17) is 10.2 Å². The van der Waals surface area contributed by atoms with Gasteiger partial charge in [0.15, 0.2) is 0 Å². The van der Waals surface area contributed by atoms with Crippen LogP contribution in [0.2, 0.25) is 0 Å². The first-order valence-electron chi connectivity index (χ1n) is 8.03. The van der Waals surface area contributed by atoms with Gasteiger partial charge in [0.1, 0.15) is 17.1 Å². The van der Waals surface area contributed by atoms with Crippen LogP contribution in [0.4, 0.5) is 10.1 Å². The molecule has 0 saturated carbocycles. The van der Waals surface area contributed by atoms with Gasteiger partial charge in [-0.1, -0.05) is 12.1 Å². The SMILES string of the molecule is CN(CC(=O)Nc1c(C(N)=O)oc2ccccc12)S(=O)(=O)c1ccc(F)cc1. The fourth-order valence-corrected chi connectivity index (χ4v) is 3.72. The molecule has 28 heavy (non-hydrogen) atoms. The van der Waals surface area contributed by atoms with Crippen LogP contribution in [0.3, 0.4) is 0 Å². The zero-order valence-corrected chi connectivity index (χ0v) is 15.5. The van der Waals surface area contributed by atoms with Crippen LogP contribution in [0.1, 0.15) is 10.6 Å². The Bertz CT molecular complexity index is 1160. The number of nitrogens with zero attached hydrogens (tertiary/aromatic N) is 1. The van der Waals surface area contributed by atoms with E-state index in [0.29, 0.717) is 11.0 Å². The number of anilines is 1. The third-order valence-corrected chi connectivity index (χ3v) is 5.79. The highest BCUT2D eigenvalue weighted by Gasteiger charge is 2.25. The first-order chi connectivity index (χ1) is 13.2. The molecule has 0 saturated heterocycles. The summed E-state index contributed by atoms with van der Waals surface area (Å²) in [7, 11) is -2.80. The van der Waals surface area contributed by atoms with E-state index in [1.54, 1.807) is 24.3 Å². The van der Waals surface area contributed by atoms with E-state index in [1.807, 2.05) is 0 Å². The molecule has 10 heteroatoms. The van der Waals surface area contributed by atoms with Crippen molar-refractivity contribution in [2.24, 2.45) is 5.73 Å². The summed E-state index contributed by atoms with van der Waals surface area (Å²) < 4.78 is 44.2. The third-order valence-electron chi connectivity index (χ3n) is 3.97. The smallest absolute Gasteiger partial charge is 0.286 e. The molecule has 146 valence electrons. The molecule has 0 atom stereocenters. The molecule has 1 aromatic heterocycles. The average Bonchev–Trinajstić information content (AvgIpc) is 3.01. The lowest BCUT2D eigenvalue weighted by molar-refractivity contribution is -0.116. The van der Waals surface area contributed by atoms with Crippen LogP contribution in [0.25, 0.3) is 11.0 Å². The van der Waals surface area contributed by atoms with E-state index >= 15 is 0 Å². The second-order valence-corrected chi connectivity index (χ2v) is 7.97. The minimum Gasteiger partial charge on any atom is -0.449 e. The third kappa shape index (κ3) is 3.73. The van der Waals surface area contributed by atoms with E-state index < -0.39 is 34.2 Å². The van der Waals surface area contributed by atoms with Gasteiger partial charge in [-0.2, -0.15) is 4.31 Å². The van der Waals surface area contributed by atoms with E-state index in [9.17, 15) is 22.4 Å². The number of para-hydroxylation sites is 1. The Morgan fingerprint density at radius 2 is 1.79 bits per heavy atom. The summed E-state index contributed by atoms with van der Waals surface area (Å²) in [6.07, 6.45) is 0. The van der Waals surface area contributed by atoms with Crippen LogP contribution in [0.5, 0.6) is 0 Å². The van der Waals surface area contributed by atoms with Crippen LogP contribution < -0.4 is 11.1 Å². The monoisotopic (exact) mass is 405 g/mol. The van der Waals surface area contributed by atoms with Gasteiger partial charge >= 0.3 is 0 Å². The molecule has 0 aliphatic rings. The lowest BCUT2D eigenvalue weighted by Gasteiger charge is -2.16. The topological polar surface area (TPSA) is 123 Å². The molecule has 3 aromatic rings. The predicted octanol–water partition coefficient (Wildman–Crippen LogP) is 1.93. The molecule has 8 nitrogen and oxygen atoms in total. The number of hydrogen-bond acceptors (Lipinski definition) is 5. The summed E-state index contributed by atoms with van der Waals surface area (Å²) in [6, 6.07) is 10.8. The highest BCUT2D eigenvalue weighted by Crippen LogP contribution is 2.30. The molecule has 0 unspecified atom stereocenters. The zero-order chi connectivity index (χ0) is 20.5.